The Hall–Kier alpha value is -3.19. The highest BCUT2D eigenvalue weighted by atomic mass is 16.5. The first-order chi connectivity index (χ1) is 18.3. The van der Waals surface area contributed by atoms with E-state index in [0.29, 0.717) is 0 Å². The van der Waals surface area contributed by atoms with E-state index in [1.54, 1.807) is 0 Å². The maximum atomic E-state index is 5.54. The molecule has 0 atom stereocenters. The first-order valence-electron chi connectivity index (χ1n) is 13.5. The Balaban J connectivity index is 1.33. The summed E-state index contributed by atoms with van der Waals surface area (Å²) >= 11 is 0. The van der Waals surface area contributed by atoms with Gasteiger partial charge in [-0.25, -0.2) is 4.58 Å². The quantitative estimate of drug-likeness (QED) is 0.600. The van der Waals surface area contributed by atoms with Gasteiger partial charge in [0.15, 0.2) is 18.8 Å². The van der Waals surface area contributed by atoms with Crippen LogP contribution in [0.15, 0.2) is 78.4 Å². The van der Waals surface area contributed by atoms with Gasteiger partial charge in [-0.2, -0.15) is 0 Å². The van der Waals surface area contributed by atoms with Gasteiger partial charge in [0.2, 0.25) is 0 Å². The second-order valence-electron chi connectivity index (χ2n) is 9.81. The molecule has 0 N–H and O–H groups in total. The smallest absolute Gasteiger partial charge is 0.200 e. The molecule has 1 aliphatic carbocycles. The lowest BCUT2D eigenvalue weighted by Gasteiger charge is -2.29. The minimum absolute atomic E-state index is 0.796. The van der Waals surface area contributed by atoms with Crippen LogP contribution in [0.1, 0.15) is 11.1 Å². The van der Waals surface area contributed by atoms with E-state index < -0.39 is 0 Å². The number of morpholine rings is 3. The van der Waals surface area contributed by atoms with E-state index in [1.165, 1.54) is 39.4 Å². The maximum Gasteiger partial charge on any atom is 0.200 e. The zero-order valence-electron chi connectivity index (χ0n) is 21.5. The molecule has 2 aromatic carbocycles. The summed E-state index contributed by atoms with van der Waals surface area (Å²) in [6.07, 6.45) is 9.05. The molecule has 192 valence electrons. The molecule has 37 heavy (non-hydrogen) atoms. The Labute approximate surface area is 219 Å². The first kappa shape index (κ1) is 24.2. The van der Waals surface area contributed by atoms with Crippen molar-refractivity contribution in [3.63, 3.8) is 0 Å². The van der Waals surface area contributed by atoms with Crippen LogP contribution in [-0.2, 0) is 14.2 Å². The molecular formula is C31H36N3O3+. The van der Waals surface area contributed by atoms with Gasteiger partial charge in [-0.15, -0.1) is 0 Å². The molecule has 3 fully saturated rings. The molecule has 0 aromatic heterocycles. The summed E-state index contributed by atoms with van der Waals surface area (Å²) in [4.78, 5) is 4.81. The molecule has 6 rings (SSSR count). The molecule has 0 spiro atoms. The minimum atomic E-state index is 0.796. The molecule has 3 heterocycles. The zero-order chi connectivity index (χ0) is 24.9. The molecular weight excluding hydrogens is 462 g/mol. The van der Waals surface area contributed by atoms with Crippen molar-refractivity contribution in [3.8, 4) is 0 Å². The van der Waals surface area contributed by atoms with Gasteiger partial charge in [-0.05, 0) is 58.7 Å². The van der Waals surface area contributed by atoms with E-state index in [2.05, 4.69) is 87.2 Å². The molecule has 4 aliphatic rings. The molecule has 6 heteroatoms. The van der Waals surface area contributed by atoms with E-state index in [0.717, 1.165) is 78.9 Å². The van der Waals surface area contributed by atoms with Crippen molar-refractivity contribution >= 4 is 22.7 Å². The fraction of sp³-hybridized carbons (Fsp3) is 0.387. The Kier molecular flexibility index (Phi) is 7.49. The second kappa shape index (κ2) is 11.5. The third-order valence-electron chi connectivity index (χ3n) is 7.60. The second-order valence-corrected chi connectivity index (χ2v) is 9.81. The third kappa shape index (κ3) is 5.57. The van der Waals surface area contributed by atoms with Gasteiger partial charge in [0.05, 0.1) is 26.4 Å². The molecule has 0 radical (unpaired) electrons. The van der Waals surface area contributed by atoms with Crippen molar-refractivity contribution < 1.29 is 18.8 Å². The molecule has 0 bridgehead atoms. The topological polar surface area (TPSA) is 37.2 Å². The van der Waals surface area contributed by atoms with Crippen molar-refractivity contribution in [2.24, 2.45) is 0 Å². The zero-order valence-corrected chi connectivity index (χ0v) is 21.5. The summed E-state index contributed by atoms with van der Waals surface area (Å²) < 4.78 is 19.0. The third-order valence-corrected chi connectivity index (χ3v) is 7.60. The SMILES string of the molecule is C1=CC(=[N+]2CCOCC2)C=CC1=C(c1ccc(N2CCOCC2)cc1)c1ccc(N2CCOCC2)cc1. The molecule has 6 nitrogen and oxygen atoms in total. The van der Waals surface area contributed by atoms with Gasteiger partial charge in [0, 0.05) is 49.7 Å². The van der Waals surface area contributed by atoms with E-state index >= 15 is 0 Å². The van der Waals surface area contributed by atoms with E-state index in [9.17, 15) is 0 Å². The van der Waals surface area contributed by atoms with E-state index in [1.807, 2.05) is 0 Å². The average Bonchev–Trinajstić information content (AvgIpc) is 3.00. The number of hydrogen-bond donors (Lipinski definition) is 0. The van der Waals surface area contributed by atoms with Crippen LogP contribution in [0.5, 0.6) is 0 Å². The van der Waals surface area contributed by atoms with Crippen LogP contribution in [-0.4, -0.2) is 89.2 Å². The van der Waals surface area contributed by atoms with Crippen LogP contribution in [0, 0.1) is 0 Å². The van der Waals surface area contributed by atoms with Crippen molar-refractivity contribution in [2.45, 2.75) is 0 Å². The highest BCUT2D eigenvalue weighted by molar-refractivity contribution is 6.04. The number of hydrogen-bond acceptors (Lipinski definition) is 5. The average molecular weight is 499 g/mol. The van der Waals surface area contributed by atoms with Crippen LogP contribution >= 0.6 is 0 Å². The minimum Gasteiger partial charge on any atom is -0.378 e. The Bertz CT molecular complexity index is 1110. The molecule has 2 aromatic rings. The van der Waals surface area contributed by atoms with Crippen molar-refractivity contribution in [3.05, 3.63) is 89.5 Å². The van der Waals surface area contributed by atoms with Gasteiger partial charge in [-0.1, -0.05) is 24.3 Å². The summed E-state index contributed by atoms with van der Waals surface area (Å²) in [5.41, 5.74) is 8.74. The van der Waals surface area contributed by atoms with E-state index in [4.69, 9.17) is 14.2 Å². The Morgan fingerprint density at radius 3 is 1.43 bits per heavy atom. The van der Waals surface area contributed by atoms with E-state index in [-0.39, 0.29) is 0 Å². The summed E-state index contributed by atoms with van der Waals surface area (Å²) in [6.45, 7) is 10.5. The lowest BCUT2D eigenvalue weighted by atomic mass is 9.90. The maximum absolute atomic E-state index is 5.54. The number of nitrogens with zero attached hydrogens (tertiary/aromatic N) is 3. The summed E-state index contributed by atoms with van der Waals surface area (Å²) in [6, 6.07) is 18.1. The highest BCUT2D eigenvalue weighted by Crippen LogP contribution is 2.32. The van der Waals surface area contributed by atoms with Gasteiger partial charge >= 0.3 is 0 Å². The summed E-state index contributed by atoms with van der Waals surface area (Å²) in [5, 5.41) is 0. The predicted octanol–water partition coefficient (Wildman–Crippen LogP) is 3.77. The van der Waals surface area contributed by atoms with Crippen LogP contribution in [0.4, 0.5) is 11.4 Å². The molecule has 3 aliphatic heterocycles. The molecule has 0 unspecified atom stereocenters. The van der Waals surface area contributed by atoms with Crippen LogP contribution in [0.25, 0.3) is 5.57 Å². The number of ether oxygens (including phenoxy) is 3. The number of anilines is 2. The number of rotatable bonds is 4. The lowest BCUT2D eigenvalue weighted by Crippen LogP contribution is -2.36. The largest absolute Gasteiger partial charge is 0.378 e. The lowest BCUT2D eigenvalue weighted by molar-refractivity contribution is -0.547. The summed E-state index contributed by atoms with van der Waals surface area (Å²) in [5.74, 6) is 0. The van der Waals surface area contributed by atoms with Crippen LogP contribution in [0.2, 0.25) is 0 Å². The first-order valence-corrected chi connectivity index (χ1v) is 13.5. The molecule has 3 saturated heterocycles. The van der Waals surface area contributed by atoms with Crippen molar-refractivity contribution in [2.75, 3.05) is 88.7 Å². The van der Waals surface area contributed by atoms with Crippen LogP contribution in [0.3, 0.4) is 0 Å². The van der Waals surface area contributed by atoms with Crippen LogP contribution < -0.4 is 9.80 Å². The van der Waals surface area contributed by atoms with Gasteiger partial charge in [0.25, 0.3) is 0 Å². The van der Waals surface area contributed by atoms with Crippen molar-refractivity contribution in [1.82, 2.24) is 0 Å². The van der Waals surface area contributed by atoms with Gasteiger partial charge in [-0.3, -0.25) is 0 Å². The van der Waals surface area contributed by atoms with Gasteiger partial charge < -0.3 is 24.0 Å². The fourth-order valence-corrected chi connectivity index (χ4v) is 5.48. The Morgan fingerprint density at radius 2 is 0.973 bits per heavy atom. The van der Waals surface area contributed by atoms with Crippen molar-refractivity contribution in [1.29, 1.82) is 0 Å². The predicted molar refractivity (Wildman–Crippen MR) is 149 cm³/mol. The number of allylic oxidation sites excluding steroid dienone is 5. The van der Waals surface area contributed by atoms with Gasteiger partial charge in [0.1, 0.15) is 13.2 Å². The highest BCUT2D eigenvalue weighted by Gasteiger charge is 2.19. The Morgan fingerprint density at radius 1 is 0.541 bits per heavy atom. The fourth-order valence-electron chi connectivity index (χ4n) is 5.48. The monoisotopic (exact) mass is 498 g/mol. The summed E-state index contributed by atoms with van der Waals surface area (Å²) in [7, 11) is 0. The molecule has 0 amide bonds. The number of benzene rings is 2. The standard InChI is InChI=1S/C31H36N3O3/c1-7-28(32-13-19-35-20-14-32)8-2-25(1)31(26-3-9-29(10-4-26)33-15-21-36-22-16-33)27-5-11-30(12-6-27)34-17-23-37-24-18-34/h1-12H,13-24H2/q+1. The molecule has 0 saturated carbocycles. The normalized spacial score (nSPS) is 20.5.